The number of hydrogen-bond acceptors (Lipinski definition) is 3. The van der Waals surface area contributed by atoms with Crippen molar-refractivity contribution in [3.63, 3.8) is 0 Å². The highest BCUT2D eigenvalue weighted by Crippen LogP contribution is 2.23. The molecule has 0 fully saturated rings. The van der Waals surface area contributed by atoms with Crippen LogP contribution in [0.3, 0.4) is 0 Å². The minimum Gasteiger partial charge on any atom is -0.324 e. The van der Waals surface area contributed by atoms with E-state index in [1.165, 1.54) is 0 Å². The van der Waals surface area contributed by atoms with Crippen molar-refractivity contribution in [1.82, 2.24) is 0 Å². The smallest absolute Gasteiger partial charge is 0.241 e. The molecule has 0 saturated heterocycles. The van der Waals surface area contributed by atoms with Gasteiger partial charge < -0.3 is 11.1 Å². The summed E-state index contributed by atoms with van der Waals surface area (Å²) in [5.74, 6) is -0.229. The normalized spacial score (nSPS) is 11.6. The molecule has 1 atom stereocenters. The van der Waals surface area contributed by atoms with Crippen LogP contribution in [0.15, 0.2) is 22.7 Å². The monoisotopic (exact) mass is 281 g/mol. The molecule has 0 saturated carbocycles. The van der Waals surface area contributed by atoms with Crippen LogP contribution in [0.4, 0.5) is 5.69 Å². The number of anilines is 1. The maximum atomic E-state index is 11.5. The molecule has 0 aliphatic heterocycles. The predicted molar refractivity (Wildman–Crippen MR) is 65.8 cm³/mol. The van der Waals surface area contributed by atoms with Crippen LogP contribution in [-0.2, 0) is 4.79 Å². The molecule has 4 nitrogen and oxygen atoms in total. The van der Waals surface area contributed by atoms with Gasteiger partial charge in [0.05, 0.1) is 23.4 Å². The van der Waals surface area contributed by atoms with Crippen LogP contribution in [0, 0.1) is 11.3 Å². The molecule has 0 bridgehead atoms. The van der Waals surface area contributed by atoms with Gasteiger partial charge in [-0.15, -0.1) is 0 Å². The first-order valence-electron chi connectivity index (χ1n) is 4.84. The average molecular weight is 282 g/mol. The van der Waals surface area contributed by atoms with E-state index in [9.17, 15) is 4.79 Å². The van der Waals surface area contributed by atoms with Crippen LogP contribution < -0.4 is 11.1 Å². The Morgan fingerprint density at radius 2 is 2.38 bits per heavy atom. The minimum atomic E-state index is -0.512. The number of nitrogens with two attached hydrogens (primary N) is 1. The van der Waals surface area contributed by atoms with Crippen molar-refractivity contribution in [1.29, 1.82) is 5.26 Å². The van der Waals surface area contributed by atoms with Crippen LogP contribution in [0.25, 0.3) is 0 Å². The van der Waals surface area contributed by atoms with Crippen molar-refractivity contribution in [3.8, 4) is 6.07 Å². The number of carbonyl (C=O) groups is 1. The fourth-order valence-electron chi connectivity index (χ4n) is 1.10. The number of halogens is 1. The highest BCUT2D eigenvalue weighted by atomic mass is 79.9. The number of rotatable bonds is 3. The lowest BCUT2D eigenvalue weighted by atomic mass is 10.2. The molecule has 84 valence electrons. The molecule has 0 aliphatic rings. The van der Waals surface area contributed by atoms with Gasteiger partial charge in [0.25, 0.3) is 0 Å². The summed E-state index contributed by atoms with van der Waals surface area (Å²) in [7, 11) is 0. The van der Waals surface area contributed by atoms with Gasteiger partial charge in [0.1, 0.15) is 0 Å². The van der Waals surface area contributed by atoms with E-state index in [1.54, 1.807) is 18.2 Å². The zero-order valence-electron chi connectivity index (χ0n) is 8.83. The van der Waals surface area contributed by atoms with E-state index in [0.29, 0.717) is 22.1 Å². The first-order chi connectivity index (χ1) is 7.58. The molecule has 0 aromatic heterocycles. The Balaban J connectivity index is 2.83. The standard InChI is InChI=1S/C11H12BrN3O/c1-2-9(14)11(16)15-10-4-3-7(6-13)5-8(10)12/h3-5,9H,2,14H2,1H3,(H,15,16)/t9-/m1/s1. The summed E-state index contributed by atoms with van der Waals surface area (Å²) in [5, 5.41) is 11.4. The van der Waals surface area contributed by atoms with Gasteiger partial charge >= 0.3 is 0 Å². The third-order valence-electron chi connectivity index (χ3n) is 2.13. The van der Waals surface area contributed by atoms with Crippen molar-refractivity contribution >= 4 is 27.5 Å². The molecular formula is C11H12BrN3O. The number of nitrogens with zero attached hydrogens (tertiary/aromatic N) is 1. The number of amides is 1. The van der Waals surface area contributed by atoms with Crippen molar-refractivity contribution in [3.05, 3.63) is 28.2 Å². The van der Waals surface area contributed by atoms with Crippen molar-refractivity contribution in [2.75, 3.05) is 5.32 Å². The first kappa shape index (κ1) is 12.7. The lowest BCUT2D eigenvalue weighted by Gasteiger charge is -2.11. The van der Waals surface area contributed by atoms with Crippen LogP contribution in [0.5, 0.6) is 0 Å². The molecular weight excluding hydrogens is 270 g/mol. The maximum Gasteiger partial charge on any atom is 0.241 e. The number of hydrogen-bond donors (Lipinski definition) is 2. The van der Waals surface area contributed by atoms with E-state index in [0.717, 1.165) is 0 Å². The average Bonchev–Trinajstić information content (AvgIpc) is 2.30. The largest absolute Gasteiger partial charge is 0.324 e. The highest BCUT2D eigenvalue weighted by Gasteiger charge is 2.12. The highest BCUT2D eigenvalue weighted by molar-refractivity contribution is 9.10. The second-order valence-electron chi connectivity index (χ2n) is 3.31. The molecule has 3 N–H and O–H groups in total. The van der Waals surface area contributed by atoms with E-state index in [-0.39, 0.29) is 5.91 Å². The zero-order valence-corrected chi connectivity index (χ0v) is 10.4. The minimum absolute atomic E-state index is 0.229. The molecule has 0 heterocycles. The second kappa shape index (κ2) is 5.64. The summed E-state index contributed by atoms with van der Waals surface area (Å²) in [6, 6.07) is 6.46. The topological polar surface area (TPSA) is 78.9 Å². The van der Waals surface area contributed by atoms with E-state index in [2.05, 4.69) is 21.2 Å². The lowest BCUT2D eigenvalue weighted by Crippen LogP contribution is -2.34. The molecule has 1 aromatic rings. The van der Waals surface area contributed by atoms with Gasteiger partial charge in [-0.2, -0.15) is 5.26 Å². The summed E-state index contributed by atoms with van der Waals surface area (Å²) in [4.78, 5) is 11.5. The lowest BCUT2D eigenvalue weighted by molar-refractivity contribution is -0.117. The van der Waals surface area contributed by atoms with Gasteiger partial charge in [0.2, 0.25) is 5.91 Å². The summed E-state index contributed by atoms with van der Waals surface area (Å²) in [5.41, 5.74) is 6.74. The zero-order chi connectivity index (χ0) is 12.1. The number of benzene rings is 1. The molecule has 0 aliphatic carbocycles. The Labute approximate surface area is 103 Å². The van der Waals surface area contributed by atoms with Crippen LogP contribution in [0.1, 0.15) is 18.9 Å². The van der Waals surface area contributed by atoms with Gasteiger partial charge in [-0.05, 0) is 40.5 Å². The first-order valence-corrected chi connectivity index (χ1v) is 5.64. The number of carbonyl (C=O) groups excluding carboxylic acids is 1. The van der Waals surface area contributed by atoms with Crippen LogP contribution >= 0.6 is 15.9 Å². The second-order valence-corrected chi connectivity index (χ2v) is 4.16. The molecule has 1 rings (SSSR count). The van der Waals surface area contributed by atoms with Gasteiger partial charge in [-0.3, -0.25) is 4.79 Å². The fourth-order valence-corrected chi connectivity index (χ4v) is 1.57. The van der Waals surface area contributed by atoms with Crippen molar-refractivity contribution in [2.45, 2.75) is 19.4 Å². The van der Waals surface area contributed by atoms with Gasteiger partial charge in [-0.1, -0.05) is 6.92 Å². The molecule has 1 aromatic carbocycles. The Morgan fingerprint density at radius 3 is 2.88 bits per heavy atom. The molecule has 16 heavy (non-hydrogen) atoms. The quantitative estimate of drug-likeness (QED) is 0.889. The van der Waals surface area contributed by atoms with E-state index < -0.39 is 6.04 Å². The molecule has 5 heteroatoms. The van der Waals surface area contributed by atoms with E-state index >= 15 is 0 Å². The number of nitriles is 1. The molecule has 0 unspecified atom stereocenters. The Bertz CT molecular complexity index is 439. The third kappa shape index (κ3) is 3.05. The Morgan fingerprint density at radius 1 is 1.69 bits per heavy atom. The summed E-state index contributed by atoms with van der Waals surface area (Å²) >= 11 is 3.28. The molecule has 0 spiro atoms. The van der Waals surface area contributed by atoms with Crippen LogP contribution in [-0.4, -0.2) is 11.9 Å². The van der Waals surface area contributed by atoms with Gasteiger partial charge in [0, 0.05) is 4.47 Å². The van der Waals surface area contributed by atoms with Gasteiger partial charge in [0.15, 0.2) is 0 Å². The summed E-state index contributed by atoms with van der Waals surface area (Å²) < 4.78 is 0.670. The summed E-state index contributed by atoms with van der Waals surface area (Å²) in [6.45, 7) is 1.85. The number of nitrogens with one attached hydrogen (secondary N) is 1. The predicted octanol–water partition coefficient (Wildman–Crippen LogP) is 2.00. The Hall–Kier alpha value is -1.38. The third-order valence-corrected chi connectivity index (χ3v) is 2.79. The van der Waals surface area contributed by atoms with E-state index in [4.69, 9.17) is 11.0 Å². The van der Waals surface area contributed by atoms with Crippen LogP contribution in [0.2, 0.25) is 0 Å². The fraction of sp³-hybridized carbons (Fsp3) is 0.273. The van der Waals surface area contributed by atoms with Gasteiger partial charge in [-0.25, -0.2) is 0 Å². The Kier molecular flexibility index (Phi) is 4.47. The summed E-state index contributed by atoms with van der Waals surface area (Å²) in [6.07, 6.45) is 0.583. The SMILES string of the molecule is CC[C@@H](N)C(=O)Nc1ccc(C#N)cc1Br. The maximum absolute atomic E-state index is 11.5. The molecule has 0 radical (unpaired) electrons. The van der Waals surface area contributed by atoms with E-state index in [1.807, 2.05) is 13.0 Å². The molecule has 1 amide bonds. The van der Waals surface area contributed by atoms with Crippen molar-refractivity contribution < 1.29 is 4.79 Å². The van der Waals surface area contributed by atoms with Crippen molar-refractivity contribution in [2.24, 2.45) is 5.73 Å².